The summed E-state index contributed by atoms with van der Waals surface area (Å²) in [5.74, 6) is 0.765. The van der Waals surface area contributed by atoms with E-state index in [-0.39, 0.29) is 23.4 Å². The van der Waals surface area contributed by atoms with Crippen molar-refractivity contribution in [2.24, 2.45) is 11.8 Å². The Morgan fingerprint density at radius 2 is 2.24 bits per heavy atom. The van der Waals surface area contributed by atoms with E-state index in [1.165, 1.54) is 6.07 Å². The number of rotatable bonds is 6. The second kappa shape index (κ2) is 7.20. The molecule has 0 radical (unpaired) electrons. The second-order valence-electron chi connectivity index (χ2n) is 5.68. The molecular weight excluding hydrogens is 357 g/mol. The van der Waals surface area contributed by atoms with Crippen LogP contribution in [0.25, 0.3) is 0 Å². The Hall–Kier alpha value is -0.460. The lowest BCUT2D eigenvalue weighted by Crippen LogP contribution is -2.30. The molecule has 2 atom stereocenters. The largest absolute Gasteiger partial charge is 0.317 e. The van der Waals surface area contributed by atoms with E-state index in [9.17, 15) is 12.8 Å². The van der Waals surface area contributed by atoms with Crippen LogP contribution in [0, 0.1) is 17.7 Å². The van der Waals surface area contributed by atoms with E-state index >= 15 is 0 Å². The van der Waals surface area contributed by atoms with Gasteiger partial charge in [0, 0.05) is 0 Å². The fourth-order valence-corrected chi connectivity index (χ4v) is 5.25. The number of hydrogen-bond donors (Lipinski definition) is 1. The number of sulfone groups is 1. The van der Waals surface area contributed by atoms with E-state index in [1.54, 1.807) is 12.1 Å². The van der Waals surface area contributed by atoms with Gasteiger partial charge in [0.1, 0.15) is 5.82 Å². The SMILES string of the molecule is CCNCC(Cc1ccc(F)c(Br)c1)C1CCS(=O)(=O)C1. The van der Waals surface area contributed by atoms with Gasteiger partial charge in [-0.3, -0.25) is 0 Å². The zero-order valence-corrected chi connectivity index (χ0v) is 14.5. The van der Waals surface area contributed by atoms with Crippen LogP contribution in [0.3, 0.4) is 0 Å². The van der Waals surface area contributed by atoms with Crippen LogP contribution in [0.15, 0.2) is 22.7 Å². The van der Waals surface area contributed by atoms with Crippen molar-refractivity contribution in [2.75, 3.05) is 24.6 Å². The van der Waals surface area contributed by atoms with E-state index in [1.807, 2.05) is 6.92 Å². The van der Waals surface area contributed by atoms with Crippen molar-refractivity contribution in [1.82, 2.24) is 5.32 Å². The van der Waals surface area contributed by atoms with Crippen molar-refractivity contribution in [2.45, 2.75) is 19.8 Å². The molecule has 1 N–H and O–H groups in total. The van der Waals surface area contributed by atoms with Crippen molar-refractivity contribution in [3.05, 3.63) is 34.1 Å². The standard InChI is InChI=1S/C15H21BrFNO2S/c1-2-18-9-13(12-5-6-21(19,20)10-12)7-11-3-4-15(17)14(16)8-11/h3-4,8,12-13,18H,2,5-7,9-10H2,1H3. The molecule has 118 valence electrons. The third-order valence-corrected chi connectivity index (χ3v) is 6.47. The van der Waals surface area contributed by atoms with Crippen molar-refractivity contribution >= 4 is 25.8 Å². The van der Waals surface area contributed by atoms with Gasteiger partial charge in [-0.15, -0.1) is 0 Å². The molecule has 0 aromatic heterocycles. The van der Waals surface area contributed by atoms with E-state index in [2.05, 4.69) is 21.2 Å². The summed E-state index contributed by atoms with van der Waals surface area (Å²) >= 11 is 3.20. The van der Waals surface area contributed by atoms with Crippen LogP contribution in [0.2, 0.25) is 0 Å². The first kappa shape index (κ1) is 16.9. The Balaban J connectivity index is 2.10. The minimum Gasteiger partial charge on any atom is -0.317 e. The summed E-state index contributed by atoms with van der Waals surface area (Å²) in [6, 6.07) is 5.02. The Kier molecular flexibility index (Phi) is 5.80. The molecule has 1 fully saturated rings. The molecule has 1 aromatic carbocycles. The Morgan fingerprint density at radius 3 is 2.81 bits per heavy atom. The van der Waals surface area contributed by atoms with Crippen LogP contribution >= 0.6 is 15.9 Å². The monoisotopic (exact) mass is 377 g/mol. The zero-order chi connectivity index (χ0) is 15.5. The number of nitrogens with one attached hydrogen (secondary N) is 1. The summed E-state index contributed by atoms with van der Waals surface area (Å²) in [4.78, 5) is 0. The molecular formula is C15H21BrFNO2S. The summed E-state index contributed by atoms with van der Waals surface area (Å²) < 4.78 is 37.1. The number of benzene rings is 1. The molecule has 1 heterocycles. The van der Waals surface area contributed by atoms with Crippen molar-refractivity contribution in [3.8, 4) is 0 Å². The molecule has 0 amide bonds. The Morgan fingerprint density at radius 1 is 1.48 bits per heavy atom. The average Bonchev–Trinajstić information content (AvgIpc) is 2.79. The van der Waals surface area contributed by atoms with Crippen LogP contribution in [0.4, 0.5) is 4.39 Å². The normalized spacial score (nSPS) is 22.3. The van der Waals surface area contributed by atoms with Crippen LogP contribution < -0.4 is 5.32 Å². The first-order valence-corrected chi connectivity index (χ1v) is 9.88. The van der Waals surface area contributed by atoms with Gasteiger partial charge in [-0.05, 0) is 71.4 Å². The maximum Gasteiger partial charge on any atom is 0.150 e. The van der Waals surface area contributed by atoms with Gasteiger partial charge in [0.05, 0.1) is 16.0 Å². The van der Waals surface area contributed by atoms with Crippen molar-refractivity contribution in [3.63, 3.8) is 0 Å². The van der Waals surface area contributed by atoms with Crippen molar-refractivity contribution in [1.29, 1.82) is 0 Å². The zero-order valence-electron chi connectivity index (χ0n) is 12.1. The predicted molar refractivity (Wildman–Crippen MR) is 86.6 cm³/mol. The number of halogens is 2. The van der Waals surface area contributed by atoms with Crippen LogP contribution in [0.5, 0.6) is 0 Å². The van der Waals surface area contributed by atoms with Gasteiger partial charge < -0.3 is 5.32 Å². The molecule has 1 aliphatic heterocycles. The summed E-state index contributed by atoms with van der Waals surface area (Å²) in [5.41, 5.74) is 1.04. The highest BCUT2D eigenvalue weighted by molar-refractivity contribution is 9.10. The number of hydrogen-bond acceptors (Lipinski definition) is 3. The van der Waals surface area contributed by atoms with Crippen LogP contribution in [-0.2, 0) is 16.3 Å². The van der Waals surface area contributed by atoms with Gasteiger partial charge >= 0.3 is 0 Å². The van der Waals surface area contributed by atoms with E-state index in [0.717, 1.165) is 31.5 Å². The minimum absolute atomic E-state index is 0.192. The smallest absolute Gasteiger partial charge is 0.150 e. The van der Waals surface area contributed by atoms with Gasteiger partial charge in [-0.2, -0.15) is 0 Å². The minimum atomic E-state index is -2.87. The molecule has 0 bridgehead atoms. The third kappa shape index (κ3) is 4.76. The van der Waals surface area contributed by atoms with Crippen LogP contribution in [-0.4, -0.2) is 33.0 Å². The highest BCUT2D eigenvalue weighted by Gasteiger charge is 2.33. The summed E-state index contributed by atoms with van der Waals surface area (Å²) in [7, 11) is -2.87. The maximum absolute atomic E-state index is 13.3. The van der Waals surface area contributed by atoms with E-state index in [0.29, 0.717) is 10.2 Å². The fourth-order valence-electron chi connectivity index (χ4n) is 2.90. The molecule has 1 aliphatic rings. The van der Waals surface area contributed by atoms with Gasteiger partial charge in [0.25, 0.3) is 0 Å². The fraction of sp³-hybridized carbons (Fsp3) is 0.600. The highest BCUT2D eigenvalue weighted by Crippen LogP contribution is 2.29. The Bertz CT molecular complexity index is 591. The quantitative estimate of drug-likeness (QED) is 0.828. The summed E-state index contributed by atoms with van der Waals surface area (Å²) in [6.45, 7) is 3.70. The summed E-state index contributed by atoms with van der Waals surface area (Å²) in [5, 5.41) is 3.32. The molecule has 0 spiro atoms. The van der Waals surface area contributed by atoms with Gasteiger partial charge in [-0.25, -0.2) is 12.8 Å². The van der Waals surface area contributed by atoms with Crippen molar-refractivity contribution < 1.29 is 12.8 Å². The van der Waals surface area contributed by atoms with E-state index < -0.39 is 9.84 Å². The molecule has 0 saturated carbocycles. The molecule has 6 heteroatoms. The van der Waals surface area contributed by atoms with E-state index in [4.69, 9.17) is 0 Å². The lowest BCUT2D eigenvalue weighted by molar-refractivity contribution is 0.346. The second-order valence-corrected chi connectivity index (χ2v) is 8.77. The highest BCUT2D eigenvalue weighted by atomic mass is 79.9. The molecule has 0 aliphatic carbocycles. The lowest BCUT2D eigenvalue weighted by Gasteiger charge is -2.23. The van der Waals surface area contributed by atoms with Gasteiger partial charge in [-0.1, -0.05) is 13.0 Å². The molecule has 3 nitrogen and oxygen atoms in total. The summed E-state index contributed by atoms with van der Waals surface area (Å²) in [6.07, 6.45) is 1.51. The predicted octanol–water partition coefficient (Wildman–Crippen LogP) is 2.79. The van der Waals surface area contributed by atoms with Gasteiger partial charge in [0.2, 0.25) is 0 Å². The van der Waals surface area contributed by atoms with Gasteiger partial charge in [0.15, 0.2) is 9.84 Å². The molecule has 1 aromatic rings. The first-order chi connectivity index (χ1) is 9.91. The maximum atomic E-state index is 13.3. The lowest BCUT2D eigenvalue weighted by atomic mass is 9.86. The molecule has 2 rings (SSSR count). The molecule has 2 unspecified atom stereocenters. The molecule has 21 heavy (non-hydrogen) atoms. The Labute approximate surface area is 134 Å². The average molecular weight is 378 g/mol. The topological polar surface area (TPSA) is 46.2 Å². The van der Waals surface area contributed by atoms with Crippen LogP contribution in [0.1, 0.15) is 18.9 Å². The third-order valence-electron chi connectivity index (χ3n) is 4.07. The first-order valence-electron chi connectivity index (χ1n) is 7.26. The molecule has 1 saturated heterocycles.